The number of aliphatic hydroxyl groups is 1. The van der Waals surface area contributed by atoms with Crippen LogP contribution in [0.3, 0.4) is 0 Å². The molecule has 0 saturated heterocycles. The molecule has 2 heterocycles. The van der Waals surface area contributed by atoms with Crippen LogP contribution < -0.4 is 0 Å². The SMILES string of the molecule is C/C(O)=C(/C#N)c1nnc2n1CCCCC2. The molecule has 0 amide bonds. The molecule has 0 aromatic carbocycles. The molecule has 0 unspecified atom stereocenters. The molecule has 5 nitrogen and oxygen atoms in total. The lowest BCUT2D eigenvalue weighted by atomic mass is 10.2. The molecule has 1 aliphatic rings. The fourth-order valence-electron chi connectivity index (χ4n) is 1.96. The van der Waals surface area contributed by atoms with Gasteiger partial charge in [-0.15, -0.1) is 10.2 Å². The molecular formula is C11H14N4O. The predicted molar refractivity (Wildman–Crippen MR) is 58.4 cm³/mol. The number of fused-ring (bicyclic) bond motifs is 1. The fourth-order valence-corrected chi connectivity index (χ4v) is 1.96. The third-order valence-corrected chi connectivity index (χ3v) is 2.81. The third kappa shape index (κ3) is 1.78. The Morgan fingerprint density at radius 2 is 2.19 bits per heavy atom. The van der Waals surface area contributed by atoms with Gasteiger partial charge in [0.25, 0.3) is 0 Å². The van der Waals surface area contributed by atoms with E-state index in [-0.39, 0.29) is 11.3 Å². The molecule has 84 valence electrons. The molecule has 1 aliphatic heterocycles. The van der Waals surface area contributed by atoms with Gasteiger partial charge in [-0.2, -0.15) is 5.26 Å². The van der Waals surface area contributed by atoms with Crippen LogP contribution in [-0.2, 0) is 13.0 Å². The molecule has 0 radical (unpaired) electrons. The van der Waals surface area contributed by atoms with Gasteiger partial charge in [-0.25, -0.2) is 0 Å². The predicted octanol–water partition coefficient (Wildman–Crippen LogP) is 1.82. The Morgan fingerprint density at radius 1 is 1.38 bits per heavy atom. The minimum absolute atomic E-state index is 0.00180. The fraction of sp³-hybridized carbons (Fsp3) is 0.545. The number of aromatic nitrogens is 3. The Bertz CT molecular complexity index is 463. The average molecular weight is 218 g/mol. The molecule has 1 N–H and O–H groups in total. The number of rotatable bonds is 1. The molecule has 0 atom stereocenters. The van der Waals surface area contributed by atoms with Gasteiger partial charge in [0.15, 0.2) is 5.82 Å². The zero-order chi connectivity index (χ0) is 11.5. The quantitative estimate of drug-likeness (QED) is 0.576. The monoisotopic (exact) mass is 218 g/mol. The van der Waals surface area contributed by atoms with Crippen LogP contribution in [0.1, 0.15) is 37.8 Å². The van der Waals surface area contributed by atoms with Gasteiger partial charge in [0.05, 0.1) is 0 Å². The van der Waals surface area contributed by atoms with E-state index < -0.39 is 0 Å². The maximum absolute atomic E-state index is 9.43. The summed E-state index contributed by atoms with van der Waals surface area (Å²) in [7, 11) is 0. The Kier molecular flexibility index (Phi) is 2.91. The molecule has 16 heavy (non-hydrogen) atoms. The summed E-state index contributed by atoms with van der Waals surface area (Å²) in [5.41, 5.74) is 0.223. The minimum atomic E-state index is 0.00180. The summed E-state index contributed by atoms with van der Waals surface area (Å²) in [5.74, 6) is 1.42. The van der Waals surface area contributed by atoms with Crippen LogP contribution in [0.25, 0.3) is 5.57 Å². The van der Waals surface area contributed by atoms with Crippen LogP contribution in [0.4, 0.5) is 0 Å². The highest BCUT2D eigenvalue weighted by Gasteiger charge is 2.18. The highest BCUT2D eigenvalue weighted by Crippen LogP contribution is 2.20. The second kappa shape index (κ2) is 4.35. The Balaban J connectivity index is 2.48. The number of nitriles is 1. The lowest BCUT2D eigenvalue weighted by Gasteiger charge is -2.05. The summed E-state index contributed by atoms with van der Waals surface area (Å²) in [6.45, 7) is 2.33. The zero-order valence-electron chi connectivity index (χ0n) is 9.27. The average Bonchev–Trinajstić information content (AvgIpc) is 2.50. The summed E-state index contributed by atoms with van der Waals surface area (Å²) < 4.78 is 1.95. The summed E-state index contributed by atoms with van der Waals surface area (Å²) in [6, 6.07) is 1.98. The van der Waals surface area contributed by atoms with E-state index in [0.717, 1.165) is 31.6 Å². The first kappa shape index (κ1) is 10.7. The van der Waals surface area contributed by atoms with Crippen molar-refractivity contribution in [1.82, 2.24) is 14.8 Å². The largest absolute Gasteiger partial charge is 0.511 e. The van der Waals surface area contributed by atoms with E-state index >= 15 is 0 Å². The molecular weight excluding hydrogens is 204 g/mol. The number of aryl methyl sites for hydroxylation is 1. The minimum Gasteiger partial charge on any atom is -0.511 e. The second-order valence-corrected chi connectivity index (χ2v) is 3.97. The standard InChI is InChI=1S/C11H14N4O/c1-8(16)9(7-12)11-14-13-10-5-3-2-4-6-15(10)11/h16H,2-6H2,1H3/b9-8+. The molecule has 2 rings (SSSR count). The van der Waals surface area contributed by atoms with E-state index in [1.165, 1.54) is 13.3 Å². The van der Waals surface area contributed by atoms with Gasteiger partial charge in [-0.1, -0.05) is 6.42 Å². The van der Waals surface area contributed by atoms with Crippen molar-refractivity contribution in [3.05, 3.63) is 17.4 Å². The van der Waals surface area contributed by atoms with E-state index in [1.54, 1.807) is 0 Å². The van der Waals surface area contributed by atoms with E-state index in [9.17, 15) is 5.11 Å². The lowest BCUT2D eigenvalue weighted by molar-refractivity contribution is 0.417. The van der Waals surface area contributed by atoms with Gasteiger partial charge in [-0.3, -0.25) is 0 Å². The van der Waals surface area contributed by atoms with Gasteiger partial charge in [0, 0.05) is 13.0 Å². The Hall–Kier alpha value is -1.83. The van der Waals surface area contributed by atoms with E-state index in [0.29, 0.717) is 5.82 Å². The molecule has 5 heteroatoms. The first-order valence-electron chi connectivity index (χ1n) is 5.46. The van der Waals surface area contributed by atoms with Crippen LogP contribution in [0.5, 0.6) is 0 Å². The van der Waals surface area contributed by atoms with Gasteiger partial charge < -0.3 is 9.67 Å². The molecule has 1 aromatic rings. The molecule has 0 saturated carbocycles. The summed E-state index contributed by atoms with van der Waals surface area (Å²) in [6.07, 6.45) is 4.26. The smallest absolute Gasteiger partial charge is 0.178 e. The number of aliphatic hydroxyl groups excluding tert-OH is 1. The van der Waals surface area contributed by atoms with Crippen LogP contribution in [-0.4, -0.2) is 19.9 Å². The highest BCUT2D eigenvalue weighted by molar-refractivity contribution is 5.73. The topological polar surface area (TPSA) is 74.7 Å². The van der Waals surface area contributed by atoms with Crippen molar-refractivity contribution in [2.75, 3.05) is 0 Å². The molecule has 0 fully saturated rings. The highest BCUT2D eigenvalue weighted by atomic mass is 16.3. The second-order valence-electron chi connectivity index (χ2n) is 3.97. The van der Waals surface area contributed by atoms with Crippen LogP contribution >= 0.6 is 0 Å². The van der Waals surface area contributed by atoms with Crippen molar-refractivity contribution in [3.8, 4) is 6.07 Å². The van der Waals surface area contributed by atoms with Gasteiger partial charge in [0.1, 0.15) is 23.2 Å². The maximum Gasteiger partial charge on any atom is 0.178 e. The number of nitrogens with zero attached hydrogens (tertiary/aromatic N) is 4. The number of hydrogen-bond donors (Lipinski definition) is 1. The van der Waals surface area contributed by atoms with Crippen molar-refractivity contribution in [1.29, 1.82) is 5.26 Å². The first-order chi connectivity index (χ1) is 7.74. The van der Waals surface area contributed by atoms with E-state index in [2.05, 4.69) is 10.2 Å². The Morgan fingerprint density at radius 3 is 2.88 bits per heavy atom. The van der Waals surface area contributed by atoms with Crippen LogP contribution in [0, 0.1) is 11.3 Å². The molecule has 0 bridgehead atoms. The van der Waals surface area contributed by atoms with E-state index in [4.69, 9.17) is 5.26 Å². The number of allylic oxidation sites excluding steroid dienone is 2. The Labute approximate surface area is 94.0 Å². The third-order valence-electron chi connectivity index (χ3n) is 2.81. The van der Waals surface area contributed by atoms with Gasteiger partial charge >= 0.3 is 0 Å². The lowest BCUT2D eigenvalue weighted by Crippen LogP contribution is -2.05. The van der Waals surface area contributed by atoms with Crippen molar-refractivity contribution < 1.29 is 5.11 Å². The summed E-state index contributed by atoms with van der Waals surface area (Å²) >= 11 is 0. The van der Waals surface area contributed by atoms with Gasteiger partial charge in [-0.05, 0) is 19.8 Å². The number of hydrogen-bond acceptors (Lipinski definition) is 4. The van der Waals surface area contributed by atoms with Crippen molar-refractivity contribution in [2.45, 2.75) is 39.2 Å². The maximum atomic E-state index is 9.43. The van der Waals surface area contributed by atoms with Gasteiger partial charge in [0.2, 0.25) is 0 Å². The first-order valence-corrected chi connectivity index (χ1v) is 5.46. The zero-order valence-corrected chi connectivity index (χ0v) is 9.27. The van der Waals surface area contributed by atoms with E-state index in [1.807, 2.05) is 10.6 Å². The van der Waals surface area contributed by atoms with Crippen LogP contribution in [0.15, 0.2) is 5.76 Å². The van der Waals surface area contributed by atoms with Crippen molar-refractivity contribution in [3.63, 3.8) is 0 Å². The van der Waals surface area contributed by atoms with Crippen LogP contribution in [0.2, 0.25) is 0 Å². The molecule has 1 aromatic heterocycles. The normalized spacial score (nSPS) is 17.0. The van der Waals surface area contributed by atoms with Crippen molar-refractivity contribution in [2.24, 2.45) is 0 Å². The summed E-state index contributed by atoms with van der Waals surface area (Å²) in [5, 5.41) is 26.5. The molecule has 0 aliphatic carbocycles. The molecule has 0 spiro atoms. The van der Waals surface area contributed by atoms with Crippen molar-refractivity contribution >= 4 is 5.57 Å². The summed E-state index contributed by atoms with van der Waals surface area (Å²) in [4.78, 5) is 0.